The smallest absolute Gasteiger partial charge is 0.332 e. The van der Waals surface area contributed by atoms with Gasteiger partial charge in [-0.2, -0.15) is 0 Å². The van der Waals surface area contributed by atoms with Crippen molar-refractivity contribution in [1.29, 1.82) is 0 Å². The molecule has 1 saturated heterocycles. The highest BCUT2D eigenvalue weighted by Crippen LogP contribution is 2.19. The van der Waals surface area contributed by atoms with E-state index < -0.39 is 17.5 Å². The second-order valence-electron chi connectivity index (χ2n) is 5.06. The molecule has 114 valence electrons. The van der Waals surface area contributed by atoms with Crippen LogP contribution < -0.4 is 10.6 Å². The van der Waals surface area contributed by atoms with Crippen molar-refractivity contribution < 1.29 is 23.8 Å². The number of hydrogen-bond acceptors (Lipinski definition) is 3. The highest BCUT2D eigenvalue weighted by atomic mass is 19.1. The fourth-order valence-electron chi connectivity index (χ4n) is 2.17. The fourth-order valence-corrected chi connectivity index (χ4v) is 2.17. The number of rotatable bonds is 4. The van der Waals surface area contributed by atoms with Crippen molar-refractivity contribution in [3.63, 3.8) is 0 Å². The predicted molar refractivity (Wildman–Crippen MR) is 72.3 cm³/mol. The van der Waals surface area contributed by atoms with Gasteiger partial charge in [-0.25, -0.2) is 14.0 Å². The minimum atomic E-state index is -1.38. The predicted octanol–water partition coefficient (Wildman–Crippen LogP) is 1.43. The molecule has 2 amide bonds. The molecular weight excluding hydrogens is 279 g/mol. The number of ether oxygens (including phenoxy) is 1. The maximum absolute atomic E-state index is 12.8. The van der Waals surface area contributed by atoms with Crippen molar-refractivity contribution in [2.45, 2.75) is 24.9 Å². The molecule has 0 radical (unpaired) electrons. The Morgan fingerprint density at radius 3 is 2.57 bits per heavy atom. The van der Waals surface area contributed by atoms with Gasteiger partial charge in [0.15, 0.2) is 5.54 Å². The van der Waals surface area contributed by atoms with Crippen LogP contribution in [0.2, 0.25) is 0 Å². The van der Waals surface area contributed by atoms with E-state index in [1.54, 1.807) is 19.1 Å². The molecule has 0 aromatic heterocycles. The van der Waals surface area contributed by atoms with Gasteiger partial charge in [0.25, 0.3) is 0 Å². The van der Waals surface area contributed by atoms with E-state index in [-0.39, 0.29) is 24.9 Å². The zero-order valence-corrected chi connectivity index (χ0v) is 11.6. The SMILES string of the molecule is CC(NC(=O)NC1(C(=O)O)CCOC1)c1ccc(F)cc1. The van der Waals surface area contributed by atoms with Gasteiger partial charge in [-0.15, -0.1) is 0 Å². The molecule has 1 aromatic carbocycles. The van der Waals surface area contributed by atoms with Crippen molar-refractivity contribution in [3.8, 4) is 0 Å². The lowest BCUT2D eigenvalue weighted by molar-refractivity contribution is -0.144. The molecular formula is C14H17FN2O4. The van der Waals surface area contributed by atoms with E-state index in [4.69, 9.17) is 4.74 Å². The number of carboxylic acids is 1. The van der Waals surface area contributed by atoms with E-state index >= 15 is 0 Å². The van der Waals surface area contributed by atoms with Gasteiger partial charge < -0.3 is 20.5 Å². The summed E-state index contributed by atoms with van der Waals surface area (Å²) >= 11 is 0. The van der Waals surface area contributed by atoms with Crippen molar-refractivity contribution in [1.82, 2.24) is 10.6 Å². The molecule has 0 bridgehead atoms. The van der Waals surface area contributed by atoms with Gasteiger partial charge in [0.05, 0.1) is 12.6 Å². The number of nitrogens with one attached hydrogen (secondary N) is 2. The highest BCUT2D eigenvalue weighted by Gasteiger charge is 2.44. The van der Waals surface area contributed by atoms with Crippen LogP contribution in [0.5, 0.6) is 0 Å². The number of urea groups is 1. The van der Waals surface area contributed by atoms with Gasteiger partial charge >= 0.3 is 12.0 Å². The van der Waals surface area contributed by atoms with Gasteiger partial charge in [0.2, 0.25) is 0 Å². The molecule has 1 aromatic rings. The van der Waals surface area contributed by atoms with Crippen LogP contribution in [0.25, 0.3) is 0 Å². The number of halogens is 1. The summed E-state index contributed by atoms with van der Waals surface area (Å²) < 4.78 is 17.9. The second-order valence-corrected chi connectivity index (χ2v) is 5.06. The second kappa shape index (κ2) is 6.09. The van der Waals surface area contributed by atoms with Crippen LogP contribution in [0.1, 0.15) is 24.9 Å². The largest absolute Gasteiger partial charge is 0.479 e. The topological polar surface area (TPSA) is 87.7 Å². The summed E-state index contributed by atoms with van der Waals surface area (Å²) in [7, 11) is 0. The van der Waals surface area contributed by atoms with E-state index in [9.17, 15) is 19.1 Å². The zero-order valence-electron chi connectivity index (χ0n) is 11.6. The number of carbonyl (C=O) groups excluding carboxylic acids is 1. The Bertz CT molecular complexity index is 526. The molecule has 2 rings (SSSR count). The third-order valence-corrected chi connectivity index (χ3v) is 3.50. The minimum Gasteiger partial charge on any atom is -0.479 e. The van der Waals surface area contributed by atoms with E-state index in [1.165, 1.54) is 12.1 Å². The summed E-state index contributed by atoms with van der Waals surface area (Å²) in [6, 6.07) is 4.75. The monoisotopic (exact) mass is 296 g/mol. The quantitative estimate of drug-likeness (QED) is 0.784. The number of benzene rings is 1. The molecule has 0 aliphatic carbocycles. The first-order valence-electron chi connectivity index (χ1n) is 6.58. The van der Waals surface area contributed by atoms with Gasteiger partial charge in [-0.3, -0.25) is 0 Å². The highest BCUT2D eigenvalue weighted by molar-refractivity contribution is 5.86. The standard InChI is InChI=1S/C14H17FN2O4/c1-9(10-2-4-11(15)5-3-10)16-13(20)17-14(12(18)19)6-7-21-8-14/h2-5,9H,6-8H2,1H3,(H,18,19)(H2,16,17,20). The van der Waals surface area contributed by atoms with Gasteiger partial charge in [-0.05, 0) is 24.6 Å². The number of amides is 2. The molecule has 3 N–H and O–H groups in total. The van der Waals surface area contributed by atoms with Crippen LogP contribution in [-0.4, -0.2) is 35.9 Å². The Hall–Kier alpha value is -2.15. The fraction of sp³-hybridized carbons (Fsp3) is 0.429. The molecule has 0 saturated carbocycles. The molecule has 6 nitrogen and oxygen atoms in total. The lowest BCUT2D eigenvalue weighted by Crippen LogP contribution is -2.57. The lowest BCUT2D eigenvalue weighted by atomic mass is 9.99. The summed E-state index contributed by atoms with van der Waals surface area (Å²) in [5, 5.41) is 14.3. The third-order valence-electron chi connectivity index (χ3n) is 3.50. The molecule has 1 aliphatic heterocycles. The summed E-state index contributed by atoms with van der Waals surface area (Å²) in [4.78, 5) is 23.2. The van der Waals surface area contributed by atoms with Crippen LogP contribution in [0.15, 0.2) is 24.3 Å². The number of hydrogen-bond donors (Lipinski definition) is 3. The maximum Gasteiger partial charge on any atom is 0.332 e. The molecule has 2 unspecified atom stereocenters. The van der Waals surface area contributed by atoms with Crippen molar-refractivity contribution >= 4 is 12.0 Å². The van der Waals surface area contributed by atoms with Gasteiger partial charge in [-0.1, -0.05) is 12.1 Å². The Labute approximate surface area is 121 Å². The molecule has 1 heterocycles. The summed E-state index contributed by atoms with van der Waals surface area (Å²) in [6.45, 7) is 1.96. The Morgan fingerprint density at radius 1 is 1.38 bits per heavy atom. The van der Waals surface area contributed by atoms with Crippen molar-refractivity contribution in [3.05, 3.63) is 35.6 Å². The molecule has 21 heavy (non-hydrogen) atoms. The van der Waals surface area contributed by atoms with E-state index in [0.29, 0.717) is 6.61 Å². The Balaban J connectivity index is 1.97. The average Bonchev–Trinajstić information content (AvgIpc) is 2.89. The molecule has 1 fully saturated rings. The summed E-state index contributed by atoms with van der Waals surface area (Å²) in [5.41, 5.74) is -0.661. The van der Waals surface area contributed by atoms with E-state index in [2.05, 4.69) is 10.6 Å². The van der Waals surface area contributed by atoms with Crippen LogP contribution in [0.3, 0.4) is 0 Å². The number of aliphatic carboxylic acids is 1. The first-order chi connectivity index (χ1) is 9.93. The summed E-state index contributed by atoms with van der Waals surface area (Å²) in [6.07, 6.45) is 0.223. The van der Waals surface area contributed by atoms with Gasteiger partial charge in [0.1, 0.15) is 5.82 Å². The van der Waals surface area contributed by atoms with E-state index in [1.807, 2.05) is 0 Å². The Kier molecular flexibility index (Phi) is 4.42. The normalized spacial score (nSPS) is 22.6. The molecule has 1 aliphatic rings. The number of carbonyl (C=O) groups is 2. The van der Waals surface area contributed by atoms with Crippen LogP contribution >= 0.6 is 0 Å². The number of carboxylic acid groups (broad SMARTS) is 1. The first kappa shape index (κ1) is 15.2. The first-order valence-corrected chi connectivity index (χ1v) is 6.58. The third kappa shape index (κ3) is 3.49. The van der Waals surface area contributed by atoms with Crippen molar-refractivity contribution in [2.75, 3.05) is 13.2 Å². The maximum atomic E-state index is 12.8. The van der Waals surface area contributed by atoms with Crippen LogP contribution in [-0.2, 0) is 9.53 Å². The summed E-state index contributed by atoms with van der Waals surface area (Å²) in [5.74, 6) is -1.48. The van der Waals surface area contributed by atoms with E-state index in [0.717, 1.165) is 5.56 Å². The Morgan fingerprint density at radius 2 is 2.05 bits per heavy atom. The lowest BCUT2D eigenvalue weighted by Gasteiger charge is -2.25. The molecule has 0 spiro atoms. The zero-order chi connectivity index (χ0) is 15.5. The van der Waals surface area contributed by atoms with Crippen molar-refractivity contribution in [2.24, 2.45) is 0 Å². The van der Waals surface area contributed by atoms with Crippen LogP contribution in [0.4, 0.5) is 9.18 Å². The van der Waals surface area contributed by atoms with Gasteiger partial charge in [0, 0.05) is 13.0 Å². The minimum absolute atomic E-state index is 0.0549. The molecule has 2 atom stereocenters. The van der Waals surface area contributed by atoms with Crippen LogP contribution in [0, 0.1) is 5.82 Å². The average molecular weight is 296 g/mol. The molecule has 7 heteroatoms.